The third kappa shape index (κ3) is 44.8. The average Bonchev–Trinajstić information content (AvgIpc) is 3.22. The predicted octanol–water partition coefficient (Wildman–Crippen LogP) is 14.9. The molecule has 3 atom stereocenters. The molecule has 350 valence electrons. The first-order chi connectivity index (χ1) is 28.9. The first kappa shape index (κ1) is 58.0. The summed E-state index contributed by atoms with van der Waals surface area (Å²) in [7, 11) is -4.35. The molecule has 0 aromatic rings. The highest BCUT2D eigenvalue weighted by Crippen LogP contribution is 2.43. The highest BCUT2D eigenvalue weighted by molar-refractivity contribution is 7.47. The molecule has 0 radical (unpaired) electrons. The van der Waals surface area contributed by atoms with Crippen LogP contribution in [0.2, 0.25) is 0 Å². The van der Waals surface area contributed by atoms with Gasteiger partial charge in [0.15, 0.2) is 0 Å². The van der Waals surface area contributed by atoms with E-state index in [1.807, 2.05) is 6.08 Å². The molecule has 0 saturated carbocycles. The summed E-state index contributed by atoms with van der Waals surface area (Å²) in [6, 6.07) is -0.873. The molecular formula is C50H99N2O6P. The molecule has 5 N–H and O–H groups in total. The molecule has 0 bridgehead atoms. The molecule has 59 heavy (non-hydrogen) atoms. The Morgan fingerprint density at radius 3 is 1.31 bits per heavy atom. The van der Waals surface area contributed by atoms with E-state index in [1.165, 1.54) is 199 Å². The van der Waals surface area contributed by atoms with E-state index in [-0.39, 0.29) is 25.7 Å². The summed E-state index contributed by atoms with van der Waals surface area (Å²) in [5.74, 6) is -0.199. The number of hydrogen-bond donors (Lipinski definition) is 4. The van der Waals surface area contributed by atoms with Crippen molar-refractivity contribution in [2.75, 3.05) is 19.8 Å². The maximum absolute atomic E-state index is 12.8. The second-order valence-corrected chi connectivity index (χ2v) is 18.8. The minimum atomic E-state index is -4.35. The Hall–Kier alpha value is -1.02. The van der Waals surface area contributed by atoms with Crippen LogP contribution in [0.15, 0.2) is 24.3 Å². The largest absolute Gasteiger partial charge is 0.472 e. The van der Waals surface area contributed by atoms with E-state index < -0.39 is 20.0 Å². The van der Waals surface area contributed by atoms with E-state index in [1.54, 1.807) is 6.08 Å². The molecule has 0 aromatic heterocycles. The molecule has 0 aliphatic carbocycles. The second kappa shape index (κ2) is 46.5. The van der Waals surface area contributed by atoms with Crippen LogP contribution in [0.4, 0.5) is 0 Å². The van der Waals surface area contributed by atoms with Gasteiger partial charge in [-0.3, -0.25) is 13.8 Å². The Kier molecular flexibility index (Phi) is 45.7. The Morgan fingerprint density at radius 2 is 0.898 bits per heavy atom. The van der Waals surface area contributed by atoms with Crippen molar-refractivity contribution in [3.05, 3.63) is 24.3 Å². The van der Waals surface area contributed by atoms with E-state index in [9.17, 15) is 19.4 Å². The Bertz CT molecular complexity index is 979. The smallest absolute Gasteiger partial charge is 0.387 e. The summed E-state index contributed by atoms with van der Waals surface area (Å²) in [5, 5.41) is 13.7. The lowest BCUT2D eigenvalue weighted by atomic mass is 10.0. The molecule has 0 heterocycles. The molecule has 1 amide bonds. The maximum atomic E-state index is 12.8. The molecule has 0 aliphatic heterocycles. The van der Waals surface area contributed by atoms with Gasteiger partial charge in [-0.1, -0.05) is 244 Å². The number of carbonyl (C=O) groups excluding carboxylic acids is 1. The van der Waals surface area contributed by atoms with Crippen LogP contribution in [0.5, 0.6) is 0 Å². The van der Waals surface area contributed by atoms with Crippen LogP contribution in [0.3, 0.4) is 0 Å². The number of aliphatic hydroxyl groups excluding tert-OH is 1. The third-order valence-electron chi connectivity index (χ3n) is 11.5. The van der Waals surface area contributed by atoms with Crippen molar-refractivity contribution in [2.45, 2.75) is 270 Å². The molecule has 0 rings (SSSR count). The fourth-order valence-corrected chi connectivity index (χ4v) is 8.44. The van der Waals surface area contributed by atoms with Gasteiger partial charge in [0.05, 0.1) is 25.4 Å². The quantitative estimate of drug-likeness (QED) is 0.0272. The van der Waals surface area contributed by atoms with Gasteiger partial charge in [0, 0.05) is 13.0 Å². The summed E-state index contributed by atoms with van der Waals surface area (Å²) in [6.45, 7) is 4.16. The van der Waals surface area contributed by atoms with Gasteiger partial charge in [-0.2, -0.15) is 0 Å². The summed E-state index contributed by atoms with van der Waals surface area (Å²) in [6.07, 6.45) is 55.3. The lowest BCUT2D eigenvalue weighted by molar-refractivity contribution is -0.123. The Labute approximate surface area is 366 Å². The molecule has 3 unspecified atom stereocenters. The van der Waals surface area contributed by atoms with Crippen LogP contribution in [-0.2, 0) is 18.4 Å². The molecular weight excluding hydrogens is 756 g/mol. The number of unbranched alkanes of at least 4 members (excludes halogenated alkanes) is 34. The van der Waals surface area contributed by atoms with Gasteiger partial charge in [-0.15, -0.1) is 0 Å². The SMILES string of the molecule is CCCCCCCCCCCCCCCCC/C=C/CC/C=C/C(O)C(COP(=O)(O)OCCN)NC(=O)CCCCCCCCCCCCCCCCCCCCC. The number of nitrogens with two attached hydrogens (primary N) is 1. The number of nitrogens with one attached hydrogen (secondary N) is 1. The van der Waals surface area contributed by atoms with Crippen molar-refractivity contribution in [1.29, 1.82) is 0 Å². The normalized spacial score (nSPS) is 14.1. The van der Waals surface area contributed by atoms with Crippen LogP contribution in [0.1, 0.15) is 258 Å². The van der Waals surface area contributed by atoms with Crippen molar-refractivity contribution in [1.82, 2.24) is 5.32 Å². The number of aliphatic hydroxyl groups is 1. The molecule has 0 spiro atoms. The second-order valence-electron chi connectivity index (χ2n) is 17.4. The Morgan fingerprint density at radius 1 is 0.542 bits per heavy atom. The standard InChI is InChI=1S/C50H99N2O6P/c1-3-5-7-9-11-13-15-17-19-21-23-24-26-27-29-31-33-35-37-39-41-43-49(53)48(47-58-59(55,56)57-46-45-51)52-50(54)44-42-40-38-36-34-32-30-28-25-22-20-18-16-14-12-10-8-6-4-2/h33,35,41,43,48-49,53H,3-32,34,36-40,42,44-47,51H2,1-2H3,(H,52,54)(H,55,56)/b35-33+,43-41+. The van der Waals surface area contributed by atoms with E-state index in [2.05, 4.69) is 31.3 Å². The van der Waals surface area contributed by atoms with Crippen molar-refractivity contribution in [3.63, 3.8) is 0 Å². The van der Waals surface area contributed by atoms with Gasteiger partial charge in [-0.05, 0) is 32.1 Å². The van der Waals surface area contributed by atoms with Gasteiger partial charge in [0.2, 0.25) is 5.91 Å². The van der Waals surface area contributed by atoms with Gasteiger partial charge < -0.3 is 21.1 Å². The highest BCUT2D eigenvalue weighted by Gasteiger charge is 2.26. The van der Waals surface area contributed by atoms with E-state index >= 15 is 0 Å². The Balaban J connectivity index is 4.12. The number of hydrogen-bond acceptors (Lipinski definition) is 6. The van der Waals surface area contributed by atoms with E-state index in [0.717, 1.165) is 38.5 Å². The lowest BCUT2D eigenvalue weighted by Gasteiger charge is -2.23. The molecule has 0 fully saturated rings. The third-order valence-corrected chi connectivity index (χ3v) is 12.5. The summed E-state index contributed by atoms with van der Waals surface area (Å²) < 4.78 is 22.2. The van der Waals surface area contributed by atoms with Gasteiger partial charge in [-0.25, -0.2) is 4.57 Å². The van der Waals surface area contributed by atoms with Crippen molar-refractivity contribution in [2.24, 2.45) is 5.73 Å². The summed E-state index contributed by atoms with van der Waals surface area (Å²) in [5.41, 5.74) is 5.39. The van der Waals surface area contributed by atoms with E-state index in [4.69, 9.17) is 14.8 Å². The maximum Gasteiger partial charge on any atom is 0.472 e. The number of allylic oxidation sites excluding steroid dienone is 3. The zero-order chi connectivity index (χ0) is 43.2. The zero-order valence-corrected chi connectivity index (χ0v) is 39.9. The number of amides is 1. The number of carbonyl (C=O) groups is 1. The van der Waals surface area contributed by atoms with Crippen molar-refractivity contribution < 1.29 is 28.4 Å². The van der Waals surface area contributed by atoms with Crippen molar-refractivity contribution >= 4 is 13.7 Å². The fourth-order valence-electron chi connectivity index (χ4n) is 7.68. The van der Waals surface area contributed by atoms with Gasteiger partial charge in [0.1, 0.15) is 0 Å². The van der Waals surface area contributed by atoms with Crippen molar-refractivity contribution in [3.8, 4) is 0 Å². The van der Waals surface area contributed by atoms with Crippen LogP contribution < -0.4 is 11.1 Å². The fraction of sp³-hybridized carbons (Fsp3) is 0.900. The summed E-state index contributed by atoms with van der Waals surface area (Å²) in [4.78, 5) is 22.8. The average molecular weight is 855 g/mol. The highest BCUT2D eigenvalue weighted by atomic mass is 31.2. The minimum absolute atomic E-state index is 0.0762. The molecule has 8 nitrogen and oxygen atoms in total. The summed E-state index contributed by atoms with van der Waals surface area (Å²) >= 11 is 0. The minimum Gasteiger partial charge on any atom is -0.387 e. The molecule has 0 aliphatic rings. The zero-order valence-electron chi connectivity index (χ0n) is 39.0. The number of phosphoric acid groups is 1. The lowest BCUT2D eigenvalue weighted by Crippen LogP contribution is -2.45. The van der Waals surface area contributed by atoms with Crippen LogP contribution >= 0.6 is 7.82 Å². The van der Waals surface area contributed by atoms with E-state index in [0.29, 0.717) is 6.42 Å². The topological polar surface area (TPSA) is 131 Å². The first-order valence-electron chi connectivity index (χ1n) is 25.5. The predicted molar refractivity (Wildman–Crippen MR) is 254 cm³/mol. The monoisotopic (exact) mass is 855 g/mol. The first-order valence-corrected chi connectivity index (χ1v) is 27.0. The van der Waals surface area contributed by atoms with Crippen LogP contribution in [0.25, 0.3) is 0 Å². The van der Waals surface area contributed by atoms with Gasteiger partial charge >= 0.3 is 7.82 Å². The number of rotatable bonds is 48. The molecule has 9 heteroatoms. The van der Waals surface area contributed by atoms with Gasteiger partial charge in [0.25, 0.3) is 0 Å². The number of phosphoric ester groups is 1. The van der Waals surface area contributed by atoms with Crippen LogP contribution in [-0.4, -0.2) is 47.8 Å². The molecule has 0 saturated heterocycles. The van der Waals surface area contributed by atoms with Crippen LogP contribution in [0, 0.1) is 0 Å². The molecule has 0 aromatic carbocycles.